The third-order valence-corrected chi connectivity index (χ3v) is 13.0. The normalized spacial score (nSPS) is 12.6. The highest BCUT2D eigenvalue weighted by molar-refractivity contribution is 7.52. The topological polar surface area (TPSA) is 13.0 Å². The van der Waals surface area contributed by atoms with Crippen LogP contribution in [0.1, 0.15) is 107 Å². The second kappa shape index (κ2) is 22.2. The van der Waals surface area contributed by atoms with Gasteiger partial charge >= 0.3 is 0 Å². The number of hydrogen-bond donors (Lipinski definition) is 0. The maximum absolute atomic E-state index is 2.72. The molecule has 0 bridgehead atoms. The van der Waals surface area contributed by atoms with Crippen LogP contribution >= 0.6 is 16.4 Å². The van der Waals surface area contributed by atoms with Crippen molar-refractivity contribution in [1.82, 2.24) is 18.7 Å². The molecule has 0 aliphatic heterocycles. The lowest BCUT2D eigenvalue weighted by molar-refractivity contribution is 0.420. The maximum atomic E-state index is 2.72. The van der Waals surface area contributed by atoms with E-state index in [0.717, 1.165) is 0 Å². The lowest BCUT2D eigenvalue weighted by Gasteiger charge is -2.37. The van der Waals surface area contributed by atoms with Crippen molar-refractivity contribution in [2.45, 2.75) is 107 Å². The molecule has 0 amide bonds. The molecule has 0 saturated heterocycles. The standard InChI is InChI=1S/C26H60N4P2/c1-9-27(10-2)31(28(11-3)12-4)25-23-21-19-17-18-20-22-24-26-32(29(13-5)14-6)30(15-7)16-8/h9-26H2,1-8H3. The van der Waals surface area contributed by atoms with Crippen molar-refractivity contribution < 1.29 is 0 Å². The predicted molar refractivity (Wildman–Crippen MR) is 152 cm³/mol. The average Bonchev–Trinajstić information content (AvgIpc) is 2.82. The molecule has 0 atom stereocenters. The van der Waals surface area contributed by atoms with E-state index in [1.54, 1.807) is 0 Å². The number of hydrogen-bond acceptors (Lipinski definition) is 4. The van der Waals surface area contributed by atoms with E-state index >= 15 is 0 Å². The fourth-order valence-electron chi connectivity index (χ4n) is 4.69. The Morgan fingerprint density at radius 2 is 0.500 bits per heavy atom. The molecule has 0 aromatic rings. The van der Waals surface area contributed by atoms with Gasteiger partial charge in [-0.3, -0.25) is 18.7 Å². The van der Waals surface area contributed by atoms with Crippen molar-refractivity contribution in [3.63, 3.8) is 0 Å². The van der Waals surface area contributed by atoms with Gasteiger partial charge in [-0.05, 0) is 25.2 Å². The summed E-state index contributed by atoms with van der Waals surface area (Å²) >= 11 is 0. The van der Waals surface area contributed by atoms with E-state index < -0.39 is 0 Å². The van der Waals surface area contributed by atoms with Crippen molar-refractivity contribution in [2.75, 3.05) is 64.7 Å². The Labute approximate surface area is 206 Å². The van der Waals surface area contributed by atoms with Gasteiger partial charge in [-0.1, -0.05) is 93.9 Å². The van der Waals surface area contributed by atoms with Gasteiger partial charge in [0.2, 0.25) is 0 Å². The molecule has 0 aromatic carbocycles. The van der Waals surface area contributed by atoms with E-state index in [4.69, 9.17) is 0 Å². The first-order valence-electron chi connectivity index (χ1n) is 14.1. The minimum Gasteiger partial charge on any atom is -0.270 e. The molecule has 4 nitrogen and oxygen atoms in total. The summed E-state index contributed by atoms with van der Waals surface area (Å²) in [5.74, 6) is 0. The summed E-state index contributed by atoms with van der Waals surface area (Å²) in [4.78, 5) is 0. The molecule has 0 rings (SSSR count). The molecule has 0 spiro atoms. The molecule has 0 N–H and O–H groups in total. The zero-order valence-corrected chi connectivity index (χ0v) is 25.2. The lowest BCUT2D eigenvalue weighted by Crippen LogP contribution is -2.30. The van der Waals surface area contributed by atoms with Crippen molar-refractivity contribution in [1.29, 1.82) is 0 Å². The molecular formula is C26H60N4P2. The van der Waals surface area contributed by atoms with Crippen LogP contribution in [0.25, 0.3) is 0 Å². The highest BCUT2D eigenvalue weighted by Gasteiger charge is 2.21. The summed E-state index contributed by atoms with van der Waals surface area (Å²) in [6.45, 7) is 28.2. The van der Waals surface area contributed by atoms with Gasteiger partial charge in [-0.25, -0.2) is 0 Å². The van der Waals surface area contributed by atoms with E-state index in [0.29, 0.717) is 0 Å². The predicted octanol–water partition coefficient (Wildman–Crippen LogP) is 8.10. The monoisotopic (exact) mass is 490 g/mol. The molecule has 0 aliphatic rings. The van der Waals surface area contributed by atoms with E-state index in [2.05, 4.69) is 74.1 Å². The Hall–Kier alpha value is 0.700. The highest BCUT2D eigenvalue weighted by atomic mass is 31.1. The van der Waals surface area contributed by atoms with Crippen molar-refractivity contribution in [3.05, 3.63) is 0 Å². The van der Waals surface area contributed by atoms with Gasteiger partial charge in [0.05, 0.1) is 0 Å². The van der Waals surface area contributed by atoms with Gasteiger partial charge in [0.1, 0.15) is 0 Å². The smallest absolute Gasteiger partial charge is 0.0394 e. The molecule has 0 aromatic heterocycles. The van der Waals surface area contributed by atoms with Crippen LogP contribution in [0.3, 0.4) is 0 Å². The molecule has 32 heavy (non-hydrogen) atoms. The Morgan fingerprint density at radius 1 is 0.312 bits per heavy atom. The fraction of sp³-hybridized carbons (Fsp3) is 1.00. The van der Waals surface area contributed by atoms with Gasteiger partial charge in [0, 0.05) is 68.8 Å². The molecule has 6 heteroatoms. The van der Waals surface area contributed by atoms with Crippen LogP contribution in [-0.4, -0.2) is 83.4 Å². The van der Waals surface area contributed by atoms with E-state index in [-0.39, 0.29) is 16.4 Å². The first-order chi connectivity index (χ1) is 15.6. The molecule has 0 aliphatic carbocycles. The molecule has 0 unspecified atom stereocenters. The van der Waals surface area contributed by atoms with Crippen LogP contribution in [0.2, 0.25) is 0 Å². The Balaban J connectivity index is 4.09. The minimum atomic E-state index is -0.0835. The molecule has 0 saturated carbocycles. The number of unbranched alkanes of at least 4 members (excludes halogenated alkanes) is 7. The molecule has 0 heterocycles. The summed E-state index contributed by atoms with van der Waals surface area (Å²) in [6, 6.07) is 0. The minimum absolute atomic E-state index is 0.0835. The summed E-state index contributed by atoms with van der Waals surface area (Å²) in [5, 5.41) is 0. The quantitative estimate of drug-likeness (QED) is 0.106. The fourth-order valence-corrected chi connectivity index (χ4v) is 10.2. The van der Waals surface area contributed by atoms with Crippen LogP contribution in [0.15, 0.2) is 0 Å². The Kier molecular flexibility index (Phi) is 22.7. The van der Waals surface area contributed by atoms with E-state index in [9.17, 15) is 0 Å². The Bertz CT molecular complexity index is 324. The zero-order chi connectivity index (χ0) is 24.2. The molecular weight excluding hydrogens is 430 g/mol. The van der Waals surface area contributed by atoms with E-state index in [1.165, 1.54) is 116 Å². The molecule has 0 radical (unpaired) electrons. The summed E-state index contributed by atoms with van der Waals surface area (Å²) < 4.78 is 10.9. The second-order valence-electron chi connectivity index (χ2n) is 8.58. The third kappa shape index (κ3) is 13.0. The van der Waals surface area contributed by atoms with Crippen molar-refractivity contribution in [3.8, 4) is 0 Å². The van der Waals surface area contributed by atoms with E-state index in [1.807, 2.05) is 0 Å². The van der Waals surface area contributed by atoms with Gasteiger partial charge in [-0.15, -0.1) is 0 Å². The lowest BCUT2D eigenvalue weighted by atomic mass is 10.1. The Morgan fingerprint density at radius 3 is 0.688 bits per heavy atom. The van der Waals surface area contributed by atoms with Crippen LogP contribution in [0.5, 0.6) is 0 Å². The van der Waals surface area contributed by atoms with Crippen molar-refractivity contribution in [2.24, 2.45) is 0 Å². The largest absolute Gasteiger partial charge is 0.270 e. The average molecular weight is 491 g/mol. The zero-order valence-electron chi connectivity index (χ0n) is 23.4. The molecule has 194 valence electrons. The van der Waals surface area contributed by atoms with Crippen LogP contribution in [0, 0.1) is 0 Å². The van der Waals surface area contributed by atoms with Gasteiger partial charge in [-0.2, -0.15) is 0 Å². The SMILES string of the molecule is CCN(CC)P(CCCCCCCCCCP(N(CC)CC)N(CC)CC)N(CC)CC. The molecule has 0 fully saturated rings. The van der Waals surface area contributed by atoms with Crippen LogP contribution in [0.4, 0.5) is 0 Å². The van der Waals surface area contributed by atoms with Crippen LogP contribution in [-0.2, 0) is 0 Å². The number of rotatable bonds is 23. The first-order valence-corrected chi connectivity index (χ1v) is 17.0. The summed E-state index contributed by atoms with van der Waals surface area (Å²) in [5.41, 5.74) is 0. The van der Waals surface area contributed by atoms with Gasteiger partial charge < -0.3 is 0 Å². The van der Waals surface area contributed by atoms with Crippen molar-refractivity contribution >= 4 is 16.4 Å². The summed E-state index contributed by atoms with van der Waals surface area (Å²) in [6.07, 6.45) is 14.2. The maximum Gasteiger partial charge on any atom is 0.0394 e. The second-order valence-corrected chi connectivity index (χ2v) is 13.2. The van der Waals surface area contributed by atoms with Gasteiger partial charge in [0.15, 0.2) is 0 Å². The van der Waals surface area contributed by atoms with Crippen LogP contribution < -0.4 is 0 Å². The summed E-state index contributed by atoms with van der Waals surface area (Å²) in [7, 11) is -0.167. The number of nitrogens with zero attached hydrogens (tertiary/aromatic N) is 4. The highest BCUT2D eigenvalue weighted by Crippen LogP contribution is 2.45. The van der Waals surface area contributed by atoms with Gasteiger partial charge in [0.25, 0.3) is 0 Å². The first kappa shape index (κ1) is 32.7. The third-order valence-electron chi connectivity index (χ3n) is 6.69.